The second-order valence-corrected chi connectivity index (χ2v) is 8.10. The van der Waals surface area contributed by atoms with Gasteiger partial charge >= 0.3 is 6.03 Å². The molecule has 0 aliphatic heterocycles. The van der Waals surface area contributed by atoms with Crippen molar-refractivity contribution in [3.63, 3.8) is 0 Å². The van der Waals surface area contributed by atoms with Gasteiger partial charge in [0.15, 0.2) is 0 Å². The molecule has 0 spiro atoms. The van der Waals surface area contributed by atoms with E-state index in [-0.39, 0.29) is 6.03 Å². The van der Waals surface area contributed by atoms with Gasteiger partial charge in [0.2, 0.25) is 0 Å². The Hall–Kier alpha value is -3.60. The quantitative estimate of drug-likeness (QED) is 0.224. The lowest BCUT2D eigenvalue weighted by Gasteiger charge is -2.37. The fourth-order valence-corrected chi connectivity index (χ4v) is 4.13. The SMILES string of the molecule is O=C(NCCNC(c1ccccc1)(c1ccccc1)c1ccccc1)Nc1ccc(Cl)cc1. The molecule has 2 amide bonds. The van der Waals surface area contributed by atoms with Crippen LogP contribution in [0.3, 0.4) is 0 Å². The number of carbonyl (C=O) groups excluding carboxylic acids is 1. The first-order valence-corrected chi connectivity index (χ1v) is 11.3. The van der Waals surface area contributed by atoms with E-state index in [1.165, 1.54) is 0 Å². The molecule has 4 aromatic carbocycles. The predicted molar refractivity (Wildman–Crippen MR) is 136 cm³/mol. The number of halogens is 1. The summed E-state index contributed by atoms with van der Waals surface area (Å²) < 4.78 is 0. The van der Waals surface area contributed by atoms with Crippen molar-refractivity contribution in [3.8, 4) is 0 Å². The maximum Gasteiger partial charge on any atom is 0.319 e. The van der Waals surface area contributed by atoms with Gasteiger partial charge < -0.3 is 10.6 Å². The Kier molecular flexibility index (Phi) is 7.40. The van der Waals surface area contributed by atoms with Crippen molar-refractivity contribution in [2.75, 3.05) is 18.4 Å². The molecule has 0 saturated carbocycles. The monoisotopic (exact) mass is 455 g/mol. The number of hydrogen-bond donors (Lipinski definition) is 3. The van der Waals surface area contributed by atoms with E-state index in [4.69, 9.17) is 11.6 Å². The molecule has 5 heteroatoms. The maximum atomic E-state index is 12.3. The Labute approximate surface area is 199 Å². The summed E-state index contributed by atoms with van der Waals surface area (Å²) in [6.45, 7) is 1.01. The normalized spacial score (nSPS) is 11.1. The van der Waals surface area contributed by atoms with Gasteiger partial charge in [0, 0.05) is 23.8 Å². The zero-order valence-electron chi connectivity index (χ0n) is 18.2. The van der Waals surface area contributed by atoms with Crippen LogP contribution in [0.2, 0.25) is 5.02 Å². The van der Waals surface area contributed by atoms with E-state index in [9.17, 15) is 4.79 Å². The number of nitrogens with one attached hydrogen (secondary N) is 3. The fourth-order valence-electron chi connectivity index (χ4n) is 4.01. The van der Waals surface area contributed by atoms with Gasteiger partial charge in [-0.1, -0.05) is 103 Å². The number of anilines is 1. The van der Waals surface area contributed by atoms with Crippen LogP contribution in [0.5, 0.6) is 0 Å². The van der Waals surface area contributed by atoms with Crippen LogP contribution >= 0.6 is 11.6 Å². The molecule has 0 saturated heterocycles. The number of rotatable bonds is 8. The summed E-state index contributed by atoms with van der Waals surface area (Å²) in [6, 6.07) is 37.9. The van der Waals surface area contributed by atoms with Gasteiger partial charge in [-0.15, -0.1) is 0 Å². The van der Waals surface area contributed by atoms with Gasteiger partial charge in [-0.25, -0.2) is 4.79 Å². The first-order chi connectivity index (χ1) is 16.2. The van der Waals surface area contributed by atoms with Crippen LogP contribution in [0.25, 0.3) is 0 Å². The highest BCUT2D eigenvalue weighted by molar-refractivity contribution is 6.30. The number of amides is 2. The maximum absolute atomic E-state index is 12.3. The van der Waals surface area contributed by atoms with Crippen molar-refractivity contribution in [1.82, 2.24) is 10.6 Å². The molecule has 3 N–H and O–H groups in total. The predicted octanol–water partition coefficient (Wildman–Crippen LogP) is 6.04. The minimum atomic E-state index is -0.557. The van der Waals surface area contributed by atoms with Crippen molar-refractivity contribution >= 4 is 23.3 Å². The zero-order chi connectivity index (χ0) is 22.9. The summed E-state index contributed by atoms with van der Waals surface area (Å²) in [7, 11) is 0. The molecule has 4 aromatic rings. The molecule has 0 unspecified atom stereocenters. The first kappa shape index (κ1) is 22.6. The van der Waals surface area contributed by atoms with Crippen LogP contribution in [0.1, 0.15) is 16.7 Å². The van der Waals surface area contributed by atoms with Gasteiger partial charge in [-0.3, -0.25) is 5.32 Å². The summed E-state index contributed by atoms with van der Waals surface area (Å²) in [6.07, 6.45) is 0. The highest BCUT2D eigenvalue weighted by atomic mass is 35.5. The highest BCUT2D eigenvalue weighted by Crippen LogP contribution is 2.36. The average molecular weight is 456 g/mol. The Bertz CT molecular complexity index is 1050. The van der Waals surface area contributed by atoms with E-state index in [0.29, 0.717) is 23.8 Å². The third-order valence-electron chi connectivity index (χ3n) is 5.52. The molecule has 0 aromatic heterocycles. The number of hydrogen-bond acceptors (Lipinski definition) is 2. The van der Waals surface area contributed by atoms with E-state index in [1.807, 2.05) is 18.2 Å². The molecule has 0 fully saturated rings. The molecule has 4 nitrogen and oxygen atoms in total. The lowest BCUT2D eigenvalue weighted by molar-refractivity contribution is 0.252. The number of carbonyl (C=O) groups is 1. The summed E-state index contributed by atoms with van der Waals surface area (Å²) in [5, 5.41) is 10.1. The summed E-state index contributed by atoms with van der Waals surface area (Å²) in [4.78, 5) is 12.3. The van der Waals surface area contributed by atoms with Crippen LogP contribution in [0, 0.1) is 0 Å². The van der Waals surface area contributed by atoms with Crippen molar-refractivity contribution in [1.29, 1.82) is 0 Å². The molecule has 0 aliphatic carbocycles. The molecular weight excluding hydrogens is 430 g/mol. The Morgan fingerprint density at radius 3 is 1.55 bits per heavy atom. The second kappa shape index (κ2) is 10.8. The van der Waals surface area contributed by atoms with Crippen LogP contribution in [0.15, 0.2) is 115 Å². The van der Waals surface area contributed by atoms with E-state index in [1.54, 1.807) is 24.3 Å². The molecule has 0 radical (unpaired) electrons. The molecule has 0 aliphatic rings. The standard InChI is InChI=1S/C28H26ClN3O/c29-25-16-18-26(19-17-25)32-27(33)30-20-21-31-28(22-10-4-1-5-11-22,23-12-6-2-7-13-23)24-14-8-3-9-15-24/h1-19,31H,20-21H2,(H2,30,32,33). The molecule has 0 bridgehead atoms. The lowest BCUT2D eigenvalue weighted by atomic mass is 9.77. The minimum absolute atomic E-state index is 0.260. The molecule has 166 valence electrons. The Balaban J connectivity index is 1.54. The van der Waals surface area contributed by atoms with Gasteiger partial charge in [-0.2, -0.15) is 0 Å². The highest BCUT2D eigenvalue weighted by Gasteiger charge is 2.35. The zero-order valence-corrected chi connectivity index (χ0v) is 18.9. The van der Waals surface area contributed by atoms with Crippen molar-refractivity contribution < 1.29 is 4.79 Å². The van der Waals surface area contributed by atoms with Crippen LogP contribution in [-0.2, 0) is 5.54 Å². The number of urea groups is 1. The van der Waals surface area contributed by atoms with E-state index in [0.717, 1.165) is 16.7 Å². The Morgan fingerprint density at radius 2 is 1.09 bits per heavy atom. The number of benzene rings is 4. The lowest BCUT2D eigenvalue weighted by Crippen LogP contribution is -2.47. The van der Waals surface area contributed by atoms with Crippen molar-refractivity contribution in [2.24, 2.45) is 0 Å². The molecule has 0 heterocycles. The third-order valence-corrected chi connectivity index (χ3v) is 5.78. The molecule has 4 rings (SSSR count). The summed E-state index contributed by atoms with van der Waals surface area (Å²) in [5.41, 5.74) is 3.53. The smallest absolute Gasteiger partial charge is 0.319 e. The van der Waals surface area contributed by atoms with Crippen molar-refractivity contribution in [2.45, 2.75) is 5.54 Å². The largest absolute Gasteiger partial charge is 0.337 e. The topological polar surface area (TPSA) is 53.2 Å². The Morgan fingerprint density at radius 1 is 0.636 bits per heavy atom. The third kappa shape index (κ3) is 5.43. The summed E-state index contributed by atoms with van der Waals surface area (Å²) >= 11 is 5.91. The van der Waals surface area contributed by atoms with Crippen LogP contribution in [0.4, 0.5) is 10.5 Å². The van der Waals surface area contributed by atoms with Gasteiger partial charge in [0.05, 0.1) is 5.54 Å². The fraction of sp³-hybridized carbons (Fsp3) is 0.107. The second-order valence-electron chi connectivity index (χ2n) is 7.66. The van der Waals surface area contributed by atoms with Crippen LogP contribution < -0.4 is 16.0 Å². The molecular formula is C28H26ClN3O. The average Bonchev–Trinajstić information content (AvgIpc) is 2.87. The summed E-state index contributed by atoms with van der Waals surface area (Å²) in [5.74, 6) is 0. The first-order valence-electron chi connectivity index (χ1n) is 10.9. The molecule has 0 atom stereocenters. The minimum Gasteiger partial charge on any atom is -0.337 e. The van der Waals surface area contributed by atoms with Crippen molar-refractivity contribution in [3.05, 3.63) is 137 Å². The van der Waals surface area contributed by atoms with Gasteiger partial charge in [0.1, 0.15) is 0 Å². The van der Waals surface area contributed by atoms with Crippen LogP contribution in [-0.4, -0.2) is 19.1 Å². The van der Waals surface area contributed by atoms with Gasteiger partial charge in [0.25, 0.3) is 0 Å². The van der Waals surface area contributed by atoms with E-state index < -0.39 is 5.54 Å². The van der Waals surface area contributed by atoms with Gasteiger partial charge in [-0.05, 0) is 41.0 Å². The molecule has 33 heavy (non-hydrogen) atoms. The van der Waals surface area contributed by atoms with E-state index >= 15 is 0 Å². The van der Waals surface area contributed by atoms with E-state index in [2.05, 4.69) is 88.7 Å².